The maximum absolute atomic E-state index is 4.60. The minimum Gasteiger partial charge on any atom is -0.120 e. The zero-order valence-corrected chi connectivity index (χ0v) is 10.9. The topological polar surface area (TPSA) is 0 Å². The molecule has 0 aromatic carbocycles. The molecule has 0 amide bonds. The SMILES string of the molecule is C#CC.CC.CCC.CCCCC. The molecule has 0 N–H and O–H groups in total. The van der Waals surface area contributed by atoms with Crippen LogP contribution in [0.4, 0.5) is 0 Å². The molecule has 0 heteroatoms. The van der Waals surface area contributed by atoms with E-state index in [0.717, 1.165) is 0 Å². The molecule has 0 spiro atoms. The van der Waals surface area contributed by atoms with E-state index in [-0.39, 0.29) is 0 Å². The average molecular weight is 186 g/mol. The largest absolute Gasteiger partial charge is 0.120 e. The summed E-state index contributed by atoms with van der Waals surface area (Å²) >= 11 is 0. The van der Waals surface area contributed by atoms with Gasteiger partial charge in [0.25, 0.3) is 0 Å². The van der Waals surface area contributed by atoms with Gasteiger partial charge in [-0.2, -0.15) is 0 Å². The van der Waals surface area contributed by atoms with Crippen LogP contribution in [0.5, 0.6) is 0 Å². The molecule has 0 fully saturated rings. The first-order valence-corrected chi connectivity index (χ1v) is 5.62. The number of hydrogen-bond acceptors (Lipinski definition) is 0. The lowest BCUT2D eigenvalue weighted by atomic mass is 10.3. The van der Waals surface area contributed by atoms with Gasteiger partial charge in [-0.3, -0.25) is 0 Å². The van der Waals surface area contributed by atoms with Crippen LogP contribution in [0, 0.1) is 12.3 Å². The van der Waals surface area contributed by atoms with Crippen molar-refractivity contribution >= 4 is 0 Å². The lowest BCUT2D eigenvalue weighted by molar-refractivity contribution is 0.772. The van der Waals surface area contributed by atoms with Crippen molar-refractivity contribution in [3.63, 3.8) is 0 Å². The highest BCUT2D eigenvalue weighted by Gasteiger charge is 1.68. The molecule has 0 heterocycles. The van der Waals surface area contributed by atoms with E-state index in [1.165, 1.54) is 25.7 Å². The van der Waals surface area contributed by atoms with Crippen molar-refractivity contribution in [2.24, 2.45) is 0 Å². The summed E-state index contributed by atoms with van der Waals surface area (Å²) in [5, 5.41) is 0. The Balaban J connectivity index is -0.0000000446. The molecular weight excluding hydrogens is 156 g/mol. The van der Waals surface area contributed by atoms with Gasteiger partial charge in [-0.25, -0.2) is 0 Å². The molecule has 0 aliphatic heterocycles. The predicted molar refractivity (Wildman–Crippen MR) is 67.0 cm³/mol. The molecular formula is C13H30. The van der Waals surface area contributed by atoms with E-state index in [0.29, 0.717) is 0 Å². The Labute approximate surface area is 87.1 Å². The summed E-state index contributed by atoms with van der Waals surface area (Å²) in [5.74, 6) is 2.25. The second kappa shape index (κ2) is 62.0. The molecule has 0 nitrogen and oxygen atoms in total. The molecule has 0 aliphatic carbocycles. The van der Waals surface area contributed by atoms with Crippen molar-refractivity contribution in [1.29, 1.82) is 0 Å². The average Bonchev–Trinajstić information content (AvgIpc) is 2.12. The van der Waals surface area contributed by atoms with Gasteiger partial charge in [-0.15, -0.1) is 12.3 Å². The number of unbranched alkanes of at least 4 members (excludes halogenated alkanes) is 2. The number of rotatable bonds is 2. The fourth-order valence-corrected chi connectivity index (χ4v) is 0.354. The molecule has 13 heavy (non-hydrogen) atoms. The maximum Gasteiger partial charge on any atom is -0.00297 e. The standard InChI is InChI=1S/C5H12.C3H8.C3H4.C2H6/c1-3-5-4-2;2*1-3-2;1-2/h3-5H2,1-2H3;3H2,1-2H3;1H,2H3;1-2H3. The van der Waals surface area contributed by atoms with Crippen LogP contribution in [-0.2, 0) is 0 Å². The highest BCUT2D eigenvalue weighted by Crippen LogP contribution is 1.88. The summed E-state index contributed by atoms with van der Waals surface area (Å²) in [4.78, 5) is 0. The van der Waals surface area contributed by atoms with Crippen LogP contribution in [-0.4, -0.2) is 0 Å². The summed E-state index contributed by atoms with van der Waals surface area (Å²) in [7, 11) is 0. The second-order valence-electron chi connectivity index (χ2n) is 2.35. The first-order chi connectivity index (χ1) is 6.24. The van der Waals surface area contributed by atoms with Gasteiger partial charge in [0, 0.05) is 0 Å². The summed E-state index contributed by atoms with van der Waals surface area (Å²) < 4.78 is 0. The fraction of sp³-hybridized carbons (Fsp3) is 0.846. The summed E-state index contributed by atoms with van der Waals surface area (Å²) in [5.41, 5.74) is 0. The number of hydrogen-bond donors (Lipinski definition) is 0. The third-order valence-corrected chi connectivity index (χ3v) is 0.707. The van der Waals surface area contributed by atoms with Crippen LogP contribution in [0.1, 0.15) is 74.1 Å². The van der Waals surface area contributed by atoms with Crippen LogP contribution < -0.4 is 0 Å². The zero-order chi connectivity index (χ0) is 11.5. The van der Waals surface area contributed by atoms with E-state index in [9.17, 15) is 0 Å². The molecule has 0 radical (unpaired) electrons. The summed E-state index contributed by atoms with van der Waals surface area (Å²) in [6, 6.07) is 0. The van der Waals surface area contributed by atoms with Crippen LogP contribution in [0.2, 0.25) is 0 Å². The lowest BCUT2D eigenvalue weighted by Gasteiger charge is -1.79. The Kier molecular flexibility index (Phi) is 109. The third kappa shape index (κ3) is 434. The highest BCUT2D eigenvalue weighted by molar-refractivity contribution is 4.73. The van der Waals surface area contributed by atoms with Gasteiger partial charge in [0.15, 0.2) is 0 Å². The monoisotopic (exact) mass is 186 g/mol. The molecule has 0 aromatic heterocycles. The lowest BCUT2D eigenvalue weighted by Crippen LogP contribution is -1.59. The minimum atomic E-state index is 1.25. The van der Waals surface area contributed by atoms with Gasteiger partial charge in [0.2, 0.25) is 0 Å². The van der Waals surface area contributed by atoms with E-state index in [1.807, 2.05) is 13.8 Å². The maximum atomic E-state index is 4.60. The normalized spacial score (nSPS) is 5.69. The Morgan fingerprint density at radius 3 is 1.08 bits per heavy atom. The van der Waals surface area contributed by atoms with E-state index >= 15 is 0 Å². The van der Waals surface area contributed by atoms with Crippen LogP contribution in [0.3, 0.4) is 0 Å². The van der Waals surface area contributed by atoms with Gasteiger partial charge in [0.05, 0.1) is 0 Å². The molecule has 82 valence electrons. The third-order valence-electron chi connectivity index (χ3n) is 0.707. The van der Waals surface area contributed by atoms with Crippen LogP contribution >= 0.6 is 0 Å². The number of terminal acetylenes is 1. The fourth-order valence-electron chi connectivity index (χ4n) is 0.354. The van der Waals surface area contributed by atoms with Crippen molar-refractivity contribution in [3.8, 4) is 12.3 Å². The first kappa shape index (κ1) is 22.9. The quantitative estimate of drug-likeness (QED) is 0.515. The molecule has 0 unspecified atom stereocenters. The Morgan fingerprint density at radius 1 is 0.923 bits per heavy atom. The highest BCUT2D eigenvalue weighted by atomic mass is 13.7. The van der Waals surface area contributed by atoms with Crippen molar-refractivity contribution in [3.05, 3.63) is 0 Å². The van der Waals surface area contributed by atoms with Crippen molar-refractivity contribution < 1.29 is 0 Å². The molecule has 0 atom stereocenters. The smallest absolute Gasteiger partial charge is 0.00297 e. The first-order valence-electron chi connectivity index (χ1n) is 5.62. The van der Waals surface area contributed by atoms with E-state index in [4.69, 9.17) is 0 Å². The van der Waals surface area contributed by atoms with E-state index in [1.54, 1.807) is 6.92 Å². The van der Waals surface area contributed by atoms with Crippen LogP contribution in [0.25, 0.3) is 0 Å². The molecule has 0 aromatic rings. The van der Waals surface area contributed by atoms with Crippen molar-refractivity contribution in [2.75, 3.05) is 0 Å². The summed E-state index contributed by atoms with van der Waals surface area (Å²) in [6.45, 7) is 14.3. The second-order valence-corrected chi connectivity index (χ2v) is 2.35. The van der Waals surface area contributed by atoms with Gasteiger partial charge in [0.1, 0.15) is 0 Å². The molecule has 0 saturated carbocycles. The van der Waals surface area contributed by atoms with Crippen LogP contribution in [0.15, 0.2) is 0 Å². The Morgan fingerprint density at radius 2 is 1.08 bits per heavy atom. The molecule has 0 bridgehead atoms. The van der Waals surface area contributed by atoms with Gasteiger partial charge >= 0.3 is 0 Å². The molecule has 0 rings (SSSR count). The molecule has 0 saturated heterocycles. The van der Waals surface area contributed by atoms with Gasteiger partial charge < -0.3 is 0 Å². The Hall–Kier alpha value is -0.440. The van der Waals surface area contributed by atoms with E-state index in [2.05, 4.69) is 40.0 Å². The minimum absolute atomic E-state index is 1.25. The Bertz CT molecular complexity index is 54.9. The van der Waals surface area contributed by atoms with Crippen molar-refractivity contribution in [2.45, 2.75) is 74.1 Å². The van der Waals surface area contributed by atoms with Crippen molar-refractivity contribution in [1.82, 2.24) is 0 Å². The molecule has 0 aliphatic rings. The summed E-state index contributed by atoms with van der Waals surface area (Å²) in [6.07, 6.45) is 9.92. The van der Waals surface area contributed by atoms with Gasteiger partial charge in [-0.1, -0.05) is 67.2 Å². The van der Waals surface area contributed by atoms with E-state index < -0.39 is 0 Å². The van der Waals surface area contributed by atoms with Gasteiger partial charge in [-0.05, 0) is 6.92 Å². The zero-order valence-electron chi connectivity index (χ0n) is 10.9. The predicted octanol–water partition coefficient (Wildman–Crippen LogP) is 5.28.